The summed E-state index contributed by atoms with van der Waals surface area (Å²) in [5.74, 6) is 0.613. The van der Waals surface area contributed by atoms with Crippen molar-refractivity contribution in [2.24, 2.45) is 5.92 Å². The third-order valence-corrected chi connectivity index (χ3v) is 2.94. The molecule has 0 saturated carbocycles. The maximum atomic E-state index is 9.07. The van der Waals surface area contributed by atoms with E-state index < -0.39 is 0 Å². The largest absolute Gasteiger partial charge is 0.396 e. The van der Waals surface area contributed by atoms with Crippen molar-refractivity contribution in [3.8, 4) is 0 Å². The number of hydrogen-bond donors (Lipinski definition) is 4. The molecular weight excluding hydrogens is 242 g/mol. The van der Waals surface area contributed by atoms with Gasteiger partial charge in [-0.05, 0) is 31.4 Å². The number of nitrogen functional groups attached to an aromatic ring is 1. The van der Waals surface area contributed by atoms with Gasteiger partial charge in [-0.3, -0.25) is 10.8 Å². The van der Waals surface area contributed by atoms with Gasteiger partial charge in [-0.1, -0.05) is 13.0 Å². The zero-order valence-corrected chi connectivity index (χ0v) is 11.3. The van der Waals surface area contributed by atoms with Crippen LogP contribution in [0, 0.1) is 16.7 Å². The second-order valence-electron chi connectivity index (χ2n) is 4.71. The van der Waals surface area contributed by atoms with Crippen LogP contribution in [-0.2, 0) is 0 Å². The van der Waals surface area contributed by atoms with E-state index in [1.165, 1.54) is 4.90 Å². The molecule has 0 aliphatic carbocycles. The highest BCUT2D eigenvalue weighted by Gasteiger charge is 2.19. The maximum Gasteiger partial charge on any atom is 0.152 e. The van der Waals surface area contributed by atoms with Gasteiger partial charge in [0.25, 0.3) is 0 Å². The van der Waals surface area contributed by atoms with Gasteiger partial charge in [0.15, 0.2) is 5.84 Å². The Balaban J connectivity index is 2.85. The van der Waals surface area contributed by atoms with Crippen LogP contribution in [0.2, 0.25) is 0 Å². The fourth-order valence-corrected chi connectivity index (χ4v) is 1.90. The predicted octanol–water partition coefficient (Wildman–Crippen LogP) is 1.31. The molecule has 0 aromatic carbocycles. The molecule has 0 spiro atoms. The van der Waals surface area contributed by atoms with Gasteiger partial charge in [0.05, 0.1) is 6.34 Å². The molecule has 0 aliphatic heterocycles. The van der Waals surface area contributed by atoms with E-state index in [1.54, 1.807) is 18.2 Å². The molecule has 0 bridgehead atoms. The summed E-state index contributed by atoms with van der Waals surface area (Å²) >= 11 is 0. The number of hydrogen-bond acceptors (Lipinski definition) is 5. The van der Waals surface area contributed by atoms with E-state index in [-0.39, 0.29) is 24.4 Å². The van der Waals surface area contributed by atoms with E-state index in [0.717, 1.165) is 6.34 Å². The summed E-state index contributed by atoms with van der Waals surface area (Å²) < 4.78 is 0. The molecular formula is C13H21N5O. The van der Waals surface area contributed by atoms with Crippen molar-refractivity contribution in [2.45, 2.75) is 26.3 Å². The molecule has 5 N–H and O–H groups in total. The summed E-state index contributed by atoms with van der Waals surface area (Å²) in [6.07, 6.45) is 1.80. The maximum absolute atomic E-state index is 9.07. The van der Waals surface area contributed by atoms with Crippen molar-refractivity contribution in [1.82, 2.24) is 9.88 Å². The van der Waals surface area contributed by atoms with Crippen LogP contribution >= 0.6 is 0 Å². The van der Waals surface area contributed by atoms with E-state index in [0.29, 0.717) is 17.9 Å². The smallest absolute Gasteiger partial charge is 0.152 e. The molecule has 0 aliphatic rings. The van der Waals surface area contributed by atoms with Crippen molar-refractivity contribution in [3.05, 3.63) is 23.9 Å². The number of nitrogens with two attached hydrogens (primary N) is 1. The SMILES string of the molecule is CC(CO)CC(C)N(C=N)C(=N)c1cccc(N)n1. The van der Waals surface area contributed by atoms with Crippen LogP contribution in [0.1, 0.15) is 26.0 Å². The topological polar surface area (TPSA) is 110 Å². The highest BCUT2D eigenvalue weighted by atomic mass is 16.3. The van der Waals surface area contributed by atoms with E-state index in [9.17, 15) is 0 Å². The molecule has 1 aromatic rings. The van der Waals surface area contributed by atoms with Gasteiger partial charge in [-0.25, -0.2) is 4.98 Å². The van der Waals surface area contributed by atoms with Crippen molar-refractivity contribution in [1.29, 1.82) is 10.8 Å². The number of nitrogens with zero attached hydrogens (tertiary/aromatic N) is 2. The van der Waals surface area contributed by atoms with Gasteiger partial charge < -0.3 is 15.7 Å². The Hall–Kier alpha value is -1.95. The first-order valence-corrected chi connectivity index (χ1v) is 6.20. The Morgan fingerprint density at radius 3 is 2.74 bits per heavy atom. The molecule has 0 fully saturated rings. The minimum Gasteiger partial charge on any atom is -0.396 e. The van der Waals surface area contributed by atoms with Gasteiger partial charge in [0, 0.05) is 12.6 Å². The number of aliphatic hydroxyl groups excluding tert-OH is 1. The summed E-state index contributed by atoms with van der Waals surface area (Å²) in [7, 11) is 0. The van der Waals surface area contributed by atoms with E-state index in [1.807, 2.05) is 13.8 Å². The second kappa shape index (κ2) is 6.84. The Labute approximate surface area is 113 Å². The van der Waals surface area contributed by atoms with Crippen LogP contribution in [0.3, 0.4) is 0 Å². The van der Waals surface area contributed by atoms with E-state index in [4.69, 9.17) is 21.7 Å². The molecule has 1 rings (SSSR count). The lowest BCUT2D eigenvalue weighted by Gasteiger charge is -2.28. The molecule has 0 saturated heterocycles. The molecule has 6 heteroatoms. The molecule has 0 radical (unpaired) electrons. The van der Waals surface area contributed by atoms with Crippen molar-refractivity contribution in [2.75, 3.05) is 12.3 Å². The van der Waals surface area contributed by atoms with Crippen LogP contribution in [-0.4, -0.2) is 39.8 Å². The number of nitrogens with one attached hydrogen (secondary N) is 2. The lowest BCUT2D eigenvalue weighted by atomic mass is 10.0. The predicted molar refractivity (Wildman–Crippen MR) is 76.4 cm³/mol. The highest BCUT2D eigenvalue weighted by Crippen LogP contribution is 2.13. The molecule has 2 atom stereocenters. The van der Waals surface area contributed by atoms with Gasteiger partial charge in [0.1, 0.15) is 11.5 Å². The lowest BCUT2D eigenvalue weighted by molar-refractivity contribution is 0.213. The van der Waals surface area contributed by atoms with Crippen LogP contribution < -0.4 is 5.73 Å². The summed E-state index contributed by atoms with van der Waals surface area (Å²) in [6.45, 7) is 3.94. The monoisotopic (exact) mass is 263 g/mol. The average molecular weight is 263 g/mol. The molecule has 1 aromatic heterocycles. The molecule has 6 nitrogen and oxygen atoms in total. The molecule has 104 valence electrons. The Bertz CT molecular complexity index is 448. The average Bonchev–Trinajstić information content (AvgIpc) is 2.39. The number of pyridine rings is 1. The fourth-order valence-electron chi connectivity index (χ4n) is 1.90. The second-order valence-corrected chi connectivity index (χ2v) is 4.71. The summed E-state index contributed by atoms with van der Waals surface area (Å²) in [4.78, 5) is 5.60. The Morgan fingerprint density at radius 2 is 2.21 bits per heavy atom. The van der Waals surface area contributed by atoms with Gasteiger partial charge in [0.2, 0.25) is 0 Å². The zero-order valence-electron chi connectivity index (χ0n) is 11.3. The number of rotatable bonds is 6. The van der Waals surface area contributed by atoms with Crippen molar-refractivity contribution in [3.63, 3.8) is 0 Å². The molecule has 19 heavy (non-hydrogen) atoms. The summed E-state index contributed by atoms with van der Waals surface area (Å²) in [5, 5.41) is 24.6. The van der Waals surface area contributed by atoms with Crippen LogP contribution in [0.25, 0.3) is 0 Å². The number of amidine groups is 1. The molecule has 1 heterocycles. The number of aliphatic hydroxyl groups is 1. The first kappa shape index (κ1) is 15.1. The first-order chi connectivity index (χ1) is 8.99. The molecule has 2 unspecified atom stereocenters. The summed E-state index contributed by atoms with van der Waals surface area (Å²) in [6, 6.07) is 5.02. The van der Waals surface area contributed by atoms with Crippen molar-refractivity contribution >= 4 is 18.0 Å². The van der Waals surface area contributed by atoms with Crippen molar-refractivity contribution < 1.29 is 5.11 Å². The number of anilines is 1. The number of aromatic nitrogens is 1. The Kier molecular flexibility index (Phi) is 5.44. The quantitative estimate of drug-likeness (QED) is 0.458. The van der Waals surface area contributed by atoms with Crippen LogP contribution in [0.5, 0.6) is 0 Å². The van der Waals surface area contributed by atoms with E-state index in [2.05, 4.69) is 4.98 Å². The third kappa shape index (κ3) is 4.03. The lowest BCUT2D eigenvalue weighted by Crippen LogP contribution is -2.39. The van der Waals surface area contributed by atoms with Crippen LogP contribution in [0.15, 0.2) is 18.2 Å². The van der Waals surface area contributed by atoms with Gasteiger partial charge in [-0.15, -0.1) is 0 Å². The minimum absolute atomic E-state index is 0.0598. The van der Waals surface area contributed by atoms with Gasteiger partial charge in [-0.2, -0.15) is 0 Å². The Morgan fingerprint density at radius 1 is 1.53 bits per heavy atom. The van der Waals surface area contributed by atoms with Crippen LogP contribution in [0.4, 0.5) is 5.82 Å². The van der Waals surface area contributed by atoms with E-state index >= 15 is 0 Å². The highest BCUT2D eigenvalue weighted by molar-refractivity contribution is 6.01. The first-order valence-electron chi connectivity index (χ1n) is 6.20. The summed E-state index contributed by atoms with van der Waals surface area (Å²) in [5.41, 5.74) is 6.04. The zero-order chi connectivity index (χ0) is 14.4. The third-order valence-electron chi connectivity index (χ3n) is 2.94. The minimum atomic E-state index is -0.0598. The van der Waals surface area contributed by atoms with Gasteiger partial charge >= 0.3 is 0 Å². The fraction of sp³-hybridized carbons (Fsp3) is 0.462. The normalized spacial score (nSPS) is 13.6. The molecule has 0 amide bonds. The standard InChI is InChI=1S/C13H21N5O/c1-9(7-19)6-10(2)18(8-14)13(16)11-4-3-5-12(15)17-11/h3-5,8-10,14,16,19H,6-7H2,1-2H3,(H2,15,17).